The van der Waals surface area contributed by atoms with Crippen molar-refractivity contribution < 1.29 is 24.2 Å². The van der Waals surface area contributed by atoms with E-state index in [-0.39, 0.29) is 0 Å². The van der Waals surface area contributed by atoms with Crippen molar-refractivity contribution in [3.63, 3.8) is 0 Å². The van der Waals surface area contributed by atoms with Gasteiger partial charge < -0.3 is 19.4 Å². The van der Waals surface area contributed by atoms with Crippen LogP contribution in [-0.2, 0) is 15.9 Å². The normalized spacial score (nSPS) is 11.7. The van der Waals surface area contributed by atoms with Crippen LogP contribution in [0.25, 0.3) is 0 Å². The molecule has 1 N–H and O–H groups in total. The maximum atomic E-state index is 11.6. The van der Waals surface area contributed by atoms with E-state index in [1.54, 1.807) is 58.9 Å². The van der Waals surface area contributed by atoms with E-state index in [1.807, 2.05) is 0 Å². The fourth-order valence-electron chi connectivity index (χ4n) is 1.88. The third kappa shape index (κ3) is 6.97. The minimum absolute atomic E-state index is 0.397. The van der Waals surface area contributed by atoms with E-state index >= 15 is 0 Å². The average molecular weight is 308 g/mol. The van der Waals surface area contributed by atoms with Gasteiger partial charge in [0.15, 0.2) is 0 Å². The molecule has 22 heavy (non-hydrogen) atoms. The van der Waals surface area contributed by atoms with Gasteiger partial charge in [-0.05, 0) is 58.7 Å². The van der Waals surface area contributed by atoms with Gasteiger partial charge >= 0.3 is 6.09 Å². The van der Waals surface area contributed by atoms with Crippen LogP contribution in [0.2, 0.25) is 0 Å². The summed E-state index contributed by atoms with van der Waals surface area (Å²) >= 11 is 0. The van der Waals surface area contributed by atoms with Gasteiger partial charge in [-0.3, -0.25) is 5.32 Å². The number of amides is 1. The van der Waals surface area contributed by atoms with Crippen molar-refractivity contribution in [3.8, 4) is 0 Å². The number of carbonyl (C=O) groups excluding carboxylic acids is 2. The number of nitrogens with one attached hydrogen (secondary N) is 1. The van der Waals surface area contributed by atoms with E-state index in [4.69, 9.17) is 9.47 Å². The van der Waals surface area contributed by atoms with Gasteiger partial charge in [0.1, 0.15) is 5.60 Å². The summed E-state index contributed by atoms with van der Waals surface area (Å²) in [4.78, 5) is 22.1. The molecule has 6 nitrogen and oxygen atoms in total. The van der Waals surface area contributed by atoms with Crippen LogP contribution >= 0.6 is 0 Å². The Morgan fingerprint density at radius 3 is 2.05 bits per heavy atom. The Morgan fingerprint density at radius 2 is 1.59 bits per heavy atom. The predicted molar refractivity (Wildman–Crippen MR) is 80.6 cm³/mol. The number of anilines is 1. The lowest BCUT2D eigenvalue weighted by Gasteiger charge is -2.30. The second kappa shape index (κ2) is 6.68. The van der Waals surface area contributed by atoms with Gasteiger partial charge in [-0.25, -0.2) is 4.79 Å². The molecule has 0 atom stereocenters. The summed E-state index contributed by atoms with van der Waals surface area (Å²) in [5.41, 5.74) is 0.0347. The standard InChI is InChI=1S/C16H23NO5/c1-15(2,3)21-13(18)17-12-8-6-11(7-9-12)10-16(4,5)22-14(19)20/h6-9H,10H2,1-5H3,(H,17,18)(H,19,20)/p-1. The Morgan fingerprint density at radius 1 is 1.05 bits per heavy atom. The molecule has 0 heterocycles. The highest BCUT2D eigenvalue weighted by atomic mass is 16.7. The Balaban J connectivity index is 2.63. The number of hydrogen-bond acceptors (Lipinski definition) is 5. The maximum Gasteiger partial charge on any atom is 0.412 e. The van der Waals surface area contributed by atoms with Gasteiger partial charge in [0.2, 0.25) is 0 Å². The molecule has 1 amide bonds. The number of hydrogen-bond donors (Lipinski definition) is 1. The van der Waals surface area contributed by atoms with E-state index in [1.165, 1.54) is 0 Å². The lowest BCUT2D eigenvalue weighted by Crippen LogP contribution is -2.36. The highest BCUT2D eigenvalue weighted by molar-refractivity contribution is 5.84. The van der Waals surface area contributed by atoms with Gasteiger partial charge in [0.05, 0.1) is 0 Å². The van der Waals surface area contributed by atoms with Crippen LogP contribution in [0.5, 0.6) is 0 Å². The van der Waals surface area contributed by atoms with Crippen LogP contribution in [0.4, 0.5) is 15.3 Å². The number of ether oxygens (including phenoxy) is 2. The van der Waals surface area contributed by atoms with Gasteiger partial charge in [-0.1, -0.05) is 12.1 Å². The first-order valence-electron chi connectivity index (χ1n) is 6.96. The molecule has 0 saturated carbocycles. The largest absolute Gasteiger partial charge is 0.543 e. The molecule has 1 rings (SSSR count). The average Bonchev–Trinajstić information content (AvgIpc) is 2.26. The van der Waals surface area contributed by atoms with Crippen molar-refractivity contribution in [2.45, 2.75) is 52.2 Å². The molecular weight excluding hydrogens is 286 g/mol. The van der Waals surface area contributed by atoms with Crippen LogP contribution in [-0.4, -0.2) is 23.5 Å². The van der Waals surface area contributed by atoms with Gasteiger partial charge in [-0.2, -0.15) is 0 Å². The molecule has 0 bridgehead atoms. The summed E-state index contributed by atoms with van der Waals surface area (Å²) in [5, 5.41) is 13.1. The van der Waals surface area contributed by atoms with Crippen LogP contribution < -0.4 is 10.4 Å². The lowest BCUT2D eigenvalue weighted by atomic mass is 9.98. The number of carbonyl (C=O) groups is 2. The summed E-state index contributed by atoms with van der Waals surface area (Å²) in [6.45, 7) is 8.69. The Labute approximate surface area is 130 Å². The molecule has 0 aromatic heterocycles. The molecule has 0 spiro atoms. The predicted octanol–water partition coefficient (Wildman–Crippen LogP) is 2.71. The van der Waals surface area contributed by atoms with Gasteiger partial charge in [-0.15, -0.1) is 0 Å². The van der Waals surface area contributed by atoms with Crippen LogP contribution in [0.1, 0.15) is 40.2 Å². The van der Waals surface area contributed by atoms with Crippen LogP contribution in [0.15, 0.2) is 24.3 Å². The van der Waals surface area contributed by atoms with Crippen molar-refractivity contribution in [2.75, 3.05) is 5.32 Å². The molecule has 0 saturated heterocycles. The van der Waals surface area contributed by atoms with Crippen molar-refractivity contribution in [1.82, 2.24) is 0 Å². The Bertz CT molecular complexity index is 528. The summed E-state index contributed by atoms with van der Waals surface area (Å²) in [7, 11) is 0. The first-order chi connectivity index (χ1) is 9.97. The molecule has 1 aromatic rings. The van der Waals surface area contributed by atoms with Crippen molar-refractivity contribution >= 4 is 17.9 Å². The van der Waals surface area contributed by atoms with E-state index < -0.39 is 23.5 Å². The van der Waals surface area contributed by atoms with Crippen LogP contribution in [0.3, 0.4) is 0 Å². The number of benzene rings is 1. The number of rotatable bonds is 4. The van der Waals surface area contributed by atoms with Crippen molar-refractivity contribution in [2.24, 2.45) is 0 Å². The molecule has 0 aliphatic carbocycles. The molecule has 0 aliphatic rings. The smallest absolute Gasteiger partial charge is 0.412 e. The van der Waals surface area contributed by atoms with Crippen molar-refractivity contribution in [3.05, 3.63) is 29.8 Å². The minimum atomic E-state index is -1.55. The van der Waals surface area contributed by atoms with E-state index in [0.29, 0.717) is 12.1 Å². The summed E-state index contributed by atoms with van der Waals surface area (Å²) in [5.74, 6) is 0. The van der Waals surface area contributed by atoms with Gasteiger partial charge in [0.25, 0.3) is 6.16 Å². The van der Waals surface area contributed by atoms with E-state index in [2.05, 4.69) is 5.32 Å². The first-order valence-corrected chi connectivity index (χ1v) is 6.96. The molecule has 0 radical (unpaired) electrons. The fraction of sp³-hybridized carbons (Fsp3) is 0.500. The second-order valence-electron chi connectivity index (χ2n) is 6.61. The molecule has 1 aromatic carbocycles. The van der Waals surface area contributed by atoms with Crippen molar-refractivity contribution in [1.29, 1.82) is 0 Å². The molecule has 0 fully saturated rings. The molecule has 0 aliphatic heterocycles. The molecule has 122 valence electrons. The highest BCUT2D eigenvalue weighted by Gasteiger charge is 2.18. The monoisotopic (exact) mass is 308 g/mol. The molecule has 6 heteroatoms. The highest BCUT2D eigenvalue weighted by Crippen LogP contribution is 2.19. The topological polar surface area (TPSA) is 87.7 Å². The van der Waals surface area contributed by atoms with Gasteiger partial charge in [0, 0.05) is 11.3 Å². The zero-order valence-corrected chi connectivity index (χ0v) is 13.6. The van der Waals surface area contributed by atoms with Crippen LogP contribution in [0, 0.1) is 0 Å². The minimum Gasteiger partial charge on any atom is -0.543 e. The summed E-state index contributed by atoms with van der Waals surface area (Å²) in [6.07, 6.45) is -1.68. The second-order valence-corrected chi connectivity index (χ2v) is 6.61. The molecule has 0 unspecified atom stereocenters. The zero-order chi connectivity index (χ0) is 17.0. The molecular formula is C16H22NO5-. The zero-order valence-electron chi connectivity index (χ0n) is 13.6. The lowest BCUT2D eigenvalue weighted by molar-refractivity contribution is -0.293. The summed E-state index contributed by atoms with van der Waals surface area (Å²) < 4.78 is 9.86. The quantitative estimate of drug-likeness (QED) is 0.864. The summed E-state index contributed by atoms with van der Waals surface area (Å²) in [6, 6.07) is 7.00. The third-order valence-corrected chi connectivity index (χ3v) is 2.59. The Hall–Kier alpha value is -2.24. The number of carboxylic acid groups (broad SMARTS) is 1. The van der Waals surface area contributed by atoms with E-state index in [9.17, 15) is 14.7 Å². The fourth-order valence-corrected chi connectivity index (χ4v) is 1.88. The maximum absolute atomic E-state index is 11.6. The Kier molecular flexibility index (Phi) is 5.41. The third-order valence-electron chi connectivity index (χ3n) is 2.59. The first kappa shape index (κ1) is 17.8. The van der Waals surface area contributed by atoms with E-state index in [0.717, 1.165) is 5.56 Å². The SMILES string of the molecule is CC(C)(C)OC(=O)Nc1ccc(CC(C)(C)OC(=O)[O-])cc1.